The Balaban J connectivity index is 0. The van der Waals surface area contributed by atoms with Crippen molar-refractivity contribution in [2.75, 3.05) is 6.61 Å². The van der Waals surface area contributed by atoms with Gasteiger partial charge in [0.25, 0.3) is 0 Å². The van der Waals surface area contributed by atoms with E-state index in [4.69, 9.17) is 4.43 Å². The van der Waals surface area contributed by atoms with Crippen LogP contribution in [0, 0.1) is 5.92 Å². The monoisotopic (exact) mass is 489 g/mol. The number of nitrogens with one attached hydrogen (secondary N) is 1. The Bertz CT molecular complexity index is 660. The second-order valence-electron chi connectivity index (χ2n) is 10.8. The predicted octanol–water partition coefficient (Wildman–Crippen LogP) is 6.34. The zero-order chi connectivity index (χ0) is 19.9. The normalized spacial score (nSPS) is 19.2. The number of hydrogen-bond donors (Lipinski definition) is 1. The van der Waals surface area contributed by atoms with Gasteiger partial charge in [-0.1, -0.05) is 0 Å². The van der Waals surface area contributed by atoms with Crippen LogP contribution < -0.4 is 3.80 Å². The number of halogens is 2. The van der Waals surface area contributed by atoms with Gasteiger partial charge in [0.15, 0.2) is 0 Å². The molecule has 0 spiro atoms. The fourth-order valence-electron chi connectivity index (χ4n) is 4.83. The summed E-state index contributed by atoms with van der Waals surface area (Å²) in [6, 6.07) is 0. The standard InChI is InChI=1S/C9H13.C6H15OSi.C4H10N.CH3.2ClH.H2Si.Ti/c1-6-5-7(2)9(4)8(6)3;1-5-6-7-8(2,3)4;1-4(2,3)5;;;;;/h6H,1-4H3;1,5-6H2,2-4H3;5H,1-3H3;1H3;2*1H;1H2;/q;;-1;;;;;+1. The molecule has 2 nitrogen and oxygen atoms in total. The van der Waals surface area contributed by atoms with Gasteiger partial charge in [-0.3, -0.25) is 0 Å². The molecular weight excluding hydrogens is 445 g/mol. The molecule has 1 N–H and O–H groups in total. The summed E-state index contributed by atoms with van der Waals surface area (Å²) in [6.45, 7) is 24.2. The number of allylic oxidation sites excluding steroid dienone is 4. The van der Waals surface area contributed by atoms with Crippen molar-refractivity contribution in [3.05, 3.63) is 20.6 Å². The van der Waals surface area contributed by atoms with Crippen molar-refractivity contribution in [1.29, 1.82) is 0 Å². The number of rotatable bonds is 7. The second kappa shape index (κ2) is 9.96. The fraction of sp³-hybridized carbons (Fsp3) is 0.800. The van der Waals surface area contributed by atoms with Crippen molar-refractivity contribution in [2.45, 2.75) is 90.0 Å². The predicted molar refractivity (Wildman–Crippen MR) is 131 cm³/mol. The molecule has 1 rings (SSSR count). The SMILES string of the molecule is CC1=C(C)C(C)[C]([Ti]([CH3])(=[SiH2])([CH2]CCO[Si](C)(C)C)[NH]C(C)(C)C)=C1C.Cl.Cl. The average molecular weight is 491 g/mol. The molecule has 0 radical (unpaired) electrons. The largest absolute Gasteiger partial charge is 0.147 e. The van der Waals surface area contributed by atoms with Crippen molar-refractivity contribution >= 4 is 40.8 Å². The Morgan fingerprint density at radius 1 is 1.07 bits per heavy atom. The molecule has 1 aliphatic rings. The van der Waals surface area contributed by atoms with Gasteiger partial charge in [-0.15, -0.1) is 24.8 Å². The molecule has 162 valence electrons. The van der Waals surface area contributed by atoms with Gasteiger partial charge in [-0.2, -0.15) is 0 Å². The van der Waals surface area contributed by atoms with Crippen LogP contribution >= 0.6 is 24.8 Å². The van der Waals surface area contributed by atoms with Gasteiger partial charge in [0.05, 0.1) is 0 Å². The van der Waals surface area contributed by atoms with Crippen molar-refractivity contribution in [3.63, 3.8) is 0 Å². The van der Waals surface area contributed by atoms with Crippen LogP contribution in [0.3, 0.4) is 0 Å². The van der Waals surface area contributed by atoms with E-state index in [1.165, 1.54) is 16.7 Å². The summed E-state index contributed by atoms with van der Waals surface area (Å²) in [5, 5.41) is 2.62. The van der Waals surface area contributed by atoms with Gasteiger partial charge in [0.1, 0.15) is 0 Å². The molecule has 27 heavy (non-hydrogen) atoms. The summed E-state index contributed by atoms with van der Waals surface area (Å²) in [5.74, 6) is 0.590. The minimum absolute atomic E-state index is 0. The van der Waals surface area contributed by atoms with Crippen molar-refractivity contribution in [3.8, 4) is 0 Å². The third kappa shape index (κ3) is 8.05. The molecule has 0 aromatic carbocycles. The van der Waals surface area contributed by atoms with E-state index in [0.717, 1.165) is 6.61 Å². The van der Waals surface area contributed by atoms with E-state index in [2.05, 4.69) is 84.8 Å². The summed E-state index contributed by atoms with van der Waals surface area (Å²) in [6.07, 6.45) is 1.17. The van der Waals surface area contributed by atoms with Crippen LogP contribution in [0.25, 0.3) is 0 Å². The fourth-order valence-corrected chi connectivity index (χ4v) is 21.4. The summed E-state index contributed by atoms with van der Waals surface area (Å²) in [4.78, 5) is 0. The molecule has 0 bridgehead atoms. The van der Waals surface area contributed by atoms with Crippen LogP contribution in [0.1, 0.15) is 54.9 Å². The van der Waals surface area contributed by atoms with E-state index in [-0.39, 0.29) is 30.4 Å². The Morgan fingerprint density at radius 2 is 1.56 bits per heavy atom. The van der Waals surface area contributed by atoms with E-state index in [1.807, 2.05) is 0 Å². The van der Waals surface area contributed by atoms with E-state index in [9.17, 15) is 0 Å². The molecule has 0 saturated carbocycles. The molecular formula is C20H45Cl2NOSi2Ti. The first-order chi connectivity index (χ1) is 11.0. The molecule has 1 unspecified atom stereocenters. The molecule has 0 fully saturated rings. The summed E-state index contributed by atoms with van der Waals surface area (Å²) in [7, 11) is 0.919. The summed E-state index contributed by atoms with van der Waals surface area (Å²) in [5.41, 5.74) is 4.82. The van der Waals surface area contributed by atoms with E-state index in [0.29, 0.717) is 5.92 Å². The van der Waals surface area contributed by atoms with Crippen LogP contribution in [0.5, 0.6) is 0 Å². The van der Waals surface area contributed by atoms with Gasteiger partial charge in [0.2, 0.25) is 0 Å². The van der Waals surface area contributed by atoms with Crippen LogP contribution in [0.15, 0.2) is 20.6 Å². The van der Waals surface area contributed by atoms with E-state index in [1.54, 1.807) is 15.0 Å². The summed E-state index contributed by atoms with van der Waals surface area (Å²) < 4.78 is 13.5. The molecule has 1 atom stereocenters. The first-order valence-electron chi connectivity index (χ1n) is 9.85. The third-order valence-electron chi connectivity index (χ3n) is 5.70. The summed E-state index contributed by atoms with van der Waals surface area (Å²) >= 11 is -3.04. The van der Waals surface area contributed by atoms with Gasteiger partial charge < -0.3 is 0 Å². The minimum Gasteiger partial charge on any atom is -0.147 e. The van der Waals surface area contributed by atoms with Crippen LogP contribution in [0.4, 0.5) is 0 Å². The molecule has 7 heteroatoms. The topological polar surface area (TPSA) is 21.3 Å². The van der Waals surface area contributed by atoms with Gasteiger partial charge in [-0.05, 0) is 0 Å². The first-order valence-corrected chi connectivity index (χ1v) is 21.5. The smallest absolute Gasteiger partial charge is 0.147 e. The van der Waals surface area contributed by atoms with E-state index < -0.39 is 22.6 Å². The molecule has 0 aliphatic heterocycles. The number of hydrogen-bond acceptors (Lipinski definition) is 2. The van der Waals surface area contributed by atoms with Crippen LogP contribution in [-0.4, -0.2) is 28.1 Å². The Hall–Kier alpha value is 1.13. The van der Waals surface area contributed by atoms with Crippen molar-refractivity contribution < 1.29 is 18.7 Å². The van der Waals surface area contributed by atoms with Crippen LogP contribution in [0.2, 0.25) is 29.6 Å². The first kappa shape index (κ1) is 30.3. The Kier molecular flexibility index (Phi) is 11.2. The Morgan fingerprint density at radius 3 is 1.89 bits per heavy atom. The minimum atomic E-state index is -3.04. The quantitative estimate of drug-likeness (QED) is 0.332. The van der Waals surface area contributed by atoms with Crippen LogP contribution in [-0.2, 0) is 18.7 Å². The Labute approximate surface area is 185 Å². The average Bonchev–Trinajstić information content (AvgIpc) is 2.56. The maximum Gasteiger partial charge on any atom is -0.147 e. The maximum atomic E-state index is 6.18. The third-order valence-corrected chi connectivity index (χ3v) is 19.2. The maximum absolute atomic E-state index is 6.18. The zero-order valence-electron chi connectivity index (χ0n) is 19.6. The van der Waals surface area contributed by atoms with Gasteiger partial charge >= 0.3 is 162 Å². The van der Waals surface area contributed by atoms with E-state index >= 15 is 0 Å². The molecule has 1 aliphatic carbocycles. The van der Waals surface area contributed by atoms with Gasteiger partial charge in [0, 0.05) is 0 Å². The van der Waals surface area contributed by atoms with Crippen molar-refractivity contribution in [2.24, 2.45) is 5.92 Å². The molecule has 0 aromatic heterocycles. The zero-order valence-corrected chi connectivity index (χ0v) is 25.2. The second-order valence-corrected chi connectivity index (χ2v) is 32.4. The molecule has 0 saturated heterocycles. The molecule has 0 aromatic rings. The van der Waals surface area contributed by atoms with Crippen molar-refractivity contribution in [1.82, 2.24) is 3.80 Å². The van der Waals surface area contributed by atoms with Gasteiger partial charge in [-0.25, -0.2) is 0 Å². The molecule has 0 heterocycles. The molecule has 0 amide bonds.